The summed E-state index contributed by atoms with van der Waals surface area (Å²) in [6, 6.07) is 4.68. The number of nitrogens with zero attached hydrogens (tertiary/aromatic N) is 7. The Bertz CT molecular complexity index is 1280. The SMILES string of the molecule is CC1c2cnc(-c3ncccn3)nc2CCN1c1cc(N2CC(NS(C)(=O)=O)C2)cc(F)n1. The average molecular weight is 471 g/mol. The third-order valence-corrected chi connectivity index (χ3v) is 6.62. The molecule has 12 heteroatoms. The number of aromatic nitrogens is 5. The Labute approximate surface area is 191 Å². The van der Waals surface area contributed by atoms with Crippen LogP contribution in [0.4, 0.5) is 15.9 Å². The van der Waals surface area contributed by atoms with Gasteiger partial charge in [-0.2, -0.15) is 4.39 Å². The van der Waals surface area contributed by atoms with Gasteiger partial charge in [0.05, 0.1) is 24.0 Å². The number of anilines is 2. The highest BCUT2D eigenvalue weighted by Gasteiger charge is 2.32. The molecule has 10 nitrogen and oxygen atoms in total. The lowest BCUT2D eigenvalue weighted by Crippen LogP contribution is -2.59. The molecule has 0 bridgehead atoms. The van der Waals surface area contributed by atoms with E-state index in [9.17, 15) is 12.8 Å². The number of nitrogens with one attached hydrogen (secondary N) is 1. The van der Waals surface area contributed by atoms with Gasteiger partial charge in [0.15, 0.2) is 11.6 Å². The van der Waals surface area contributed by atoms with Crippen molar-refractivity contribution in [1.82, 2.24) is 29.6 Å². The van der Waals surface area contributed by atoms with E-state index in [4.69, 9.17) is 0 Å². The summed E-state index contributed by atoms with van der Waals surface area (Å²) in [4.78, 5) is 25.6. The lowest BCUT2D eigenvalue weighted by molar-refractivity contribution is 0.469. The number of sulfonamides is 1. The highest BCUT2D eigenvalue weighted by molar-refractivity contribution is 7.88. The first-order chi connectivity index (χ1) is 15.8. The van der Waals surface area contributed by atoms with Crippen molar-refractivity contribution in [1.29, 1.82) is 0 Å². The fourth-order valence-corrected chi connectivity index (χ4v) is 5.02. The van der Waals surface area contributed by atoms with Gasteiger partial charge < -0.3 is 9.80 Å². The molecule has 1 saturated heterocycles. The monoisotopic (exact) mass is 470 g/mol. The van der Waals surface area contributed by atoms with Gasteiger partial charge in [-0.15, -0.1) is 0 Å². The molecule has 0 aliphatic carbocycles. The Morgan fingerprint density at radius 3 is 2.58 bits per heavy atom. The first-order valence-corrected chi connectivity index (χ1v) is 12.5. The fraction of sp³-hybridized carbons (Fsp3) is 0.381. The van der Waals surface area contributed by atoms with Crippen LogP contribution in [0.1, 0.15) is 24.2 Å². The van der Waals surface area contributed by atoms with Crippen LogP contribution in [0.25, 0.3) is 11.6 Å². The molecule has 1 N–H and O–H groups in total. The van der Waals surface area contributed by atoms with Crippen LogP contribution in [-0.2, 0) is 16.4 Å². The van der Waals surface area contributed by atoms with Crippen molar-refractivity contribution in [3.63, 3.8) is 0 Å². The van der Waals surface area contributed by atoms with E-state index in [0.717, 1.165) is 17.5 Å². The summed E-state index contributed by atoms with van der Waals surface area (Å²) < 4.78 is 39.8. The first kappa shape index (κ1) is 21.6. The molecule has 0 amide bonds. The van der Waals surface area contributed by atoms with Crippen LogP contribution in [0.3, 0.4) is 0 Å². The van der Waals surface area contributed by atoms with Gasteiger partial charge >= 0.3 is 0 Å². The Kier molecular flexibility index (Phi) is 5.41. The Balaban J connectivity index is 1.36. The molecule has 0 radical (unpaired) electrons. The summed E-state index contributed by atoms with van der Waals surface area (Å²) in [5.41, 5.74) is 2.55. The lowest BCUT2D eigenvalue weighted by atomic mass is 9.99. The largest absolute Gasteiger partial charge is 0.368 e. The van der Waals surface area contributed by atoms with Gasteiger partial charge in [-0.3, -0.25) is 0 Å². The normalized spacial score (nSPS) is 18.7. The second-order valence-electron chi connectivity index (χ2n) is 8.29. The lowest BCUT2D eigenvalue weighted by Gasteiger charge is -2.41. The highest BCUT2D eigenvalue weighted by atomic mass is 32.2. The van der Waals surface area contributed by atoms with Gasteiger partial charge in [0, 0.05) is 68.0 Å². The van der Waals surface area contributed by atoms with Crippen molar-refractivity contribution in [3.8, 4) is 11.6 Å². The van der Waals surface area contributed by atoms with Crippen LogP contribution >= 0.6 is 0 Å². The van der Waals surface area contributed by atoms with Crippen molar-refractivity contribution >= 4 is 21.5 Å². The van der Waals surface area contributed by atoms with Crippen molar-refractivity contribution < 1.29 is 12.8 Å². The molecule has 0 spiro atoms. The number of rotatable bonds is 5. The van der Waals surface area contributed by atoms with Crippen molar-refractivity contribution in [3.05, 3.63) is 54.0 Å². The van der Waals surface area contributed by atoms with E-state index < -0.39 is 16.0 Å². The van der Waals surface area contributed by atoms with Gasteiger partial charge in [0.2, 0.25) is 16.0 Å². The van der Waals surface area contributed by atoms with Gasteiger partial charge in [0.1, 0.15) is 5.82 Å². The minimum absolute atomic E-state index is 0.0994. The van der Waals surface area contributed by atoms with Gasteiger partial charge in [-0.25, -0.2) is 38.1 Å². The summed E-state index contributed by atoms with van der Waals surface area (Å²) in [5, 5.41) is 0. The van der Waals surface area contributed by atoms with Crippen LogP contribution in [0.5, 0.6) is 0 Å². The molecule has 3 aromatic rings. The quantitative estimate of drug-likeness (QED) is 0.551. The predicted octanol–water partition coefficient (Wildman–Crippen LogP) is 1.33. The second kappa shape index (κ2) is 8.27. The molecule has 1 unspecified atom stereocenters. The van der Waals surface area contributed by atoms with E-state index >= 15 is 0 Å². The molecule has 33 heavy (non-hydrogen) atoms. The summed E-state index contributed by atoms with van der Waals surface area (Å²) >= 11 is 0. The zero-order valence-electron chi connectivity index (χ0n) is 18.2. The van der Waals surface area contributed by atoms with Crippen LogP contribution < -0.4 is 14.5 Å². The standard InChI is InChI=1S/C21H23FN8O2S/c1-13-16-10-25-21(20-23-5-3-6-24-20)26-17(16)4-7-30(13)19-9-15(8-18(22)27-19)29-11-14(12-29)28-33(2,31)32/h3,5-6,8-10,13-14,28H,4,7,11-12H2,1-2H3. The minimum Gasteiger partial charge on any atom is -0.368 e. The minimum atomic E-state index is -3.27. The van der Waals surface area contributed by atoms with E-state index in [1.54, 1.807) is 24.7 Å². The maximum absolute atomic E-state index is 14.4. The topological polar surface area (TPSA) is 117 Å². The van der Waals surface area contributed by atoms with Crippen LogP contribution in [0, 0.1) is 5.95 Å². The third kappa shape index (κ3) is 4.48. The Hall–Kier alpha value is -3.25. The van der Waals surface area contributed by atoms with Crippen molar-refractivity contribution in [2.45, 2.75) is 25.4 Å². The number of fused-ring (bicyclic) bond motifs is 1. The van der Waals surface area contributed by atoms with E-state index in [2.05, 4.69) is 29.6 Å². The number of hydrogen-bond acceptors (Lipinski definition) is 9. The third-order valence-electron chi connectivity index (χ3n) is 5.86. The molecule has 2 aliphatic rings. The average Bonchev–Trinajstić information content (AvgIpc) is 2.75. The molecule has 0 aromatic carbocycles. The molecule has 5 rings (SSSR count). The van der Waals surface area contributed by atoms with E-state index in [1.807, 2.05) is 22.8 Å². The summed E-state index contributed by atoms with van der Waals surface area (Å²) in [5.74, 6) is 0.909. The van der Waals surface area contributed by atoms with Crippen LogP contribution in [-0.4, -0.2) is 65.3 Å². The first-order valence-electron chi connectivity index (χ1n) is 10.6. The smallest absolute Gasteiger partial charge is 0.216 e. The van der Waals surface area contributed by atoms with Crippen LogP contribution in [0.15, 0.2) is 36.8 Å². The second-order valence-corrected chi connectivity index (χ2v) is 10.1. The molecular formula is C21H23FN8O2S. The number of halogens is 1. The van der Waals surface area contributed by atoms with Crippen molar-refractivity contribution in [2.75, 3.05) is 35.7 Å². The summed E-state index contributed by atoms with van der Waals surface area (Å²) in [6.45, 7) is 3.59. The summed E-state index contributed by atoms with van der Waals surface area (Å²) in [6.07, 6.45) is 6.87. The zero-order chi connectivity index (χ0) is 23.2. The summed E-state index contributed by atoms with van der Waals surface area (Å²) in [7, 11) is -3.27. The number of hydrogen-bond donors (Lipinski definition) is 1. The highest BCUT2D eigenvalue weighted by Crippen LogP contribution is 2.34. The molecule has 5 heterocycles. The van der Waals surface area contributed by atoms with Gasteiger partial charge in [-0.05, 0) is 13.0 Å². The molecule has 0 saturated carbocycles. The number of pyridine rings is 1. The molecule has 2 aliphatic heterocycles. The zero-order valence-corrected chi connectivity index (χ0v) is 19.0. The maximum Gasteiger partial charge on any atom is 0.216 e. The predicted molar refractivity (Wildman–Crippen MR) is 121 cm³/mol. The van der Waals surface area contributed by atoms with Gasteiger partial charge in [0.25, 0.3) is 0 Å². The maximum atomic E-state index is 14.4. The molecule has 1 atom stereocenters. The Morgan fingerprint density at radius 1 is 1.09 bits per heavy atom. The van der Waals surface area contributed by atoms with E-state index in [0.29, 0.717) is 49.2 Å². The molecule has 1 fully saturated rings. The van der Waals surface area contributed by atoms with E-state index in [1.165, 1.54) is 6.07 Å². The molecule has 3 aromatic heterocycles. The van der Waals surface area contributed by atoms with Crippen LogP contribution in [0.2, 0.25) is 0 Å². The molecular weight excluding hydrogens is 447 g/mol. The van der Waals surface area contributed by atoms with Crippen molar-refractivity contribution in [2.24, 2.45) is 0 Å². The Morgan fingerprint density at radius 2 is 1.85 bits per heavy atom. The fourth-order valence-electron chi connectivity index (χ4n) is 4.27. The van der Waals surface area contributed by atoms with Gasteiger partial charge in [-0.1, -0.05) is 0 Å². The molecule has 172 valence electrons. The van der Waals surface area contributed by atoms with E-state index in [-0.39, 0.29) is 12.1 Å².